The SMILES string of the molecule is BBC(C)=C1c2ccccc2Cc2ccccc21. The van der Waals surface area contributed by atoms with E-state index in [1.807, 2.05) is 0 Å². The fourth-order valence-corrected chi connectivity index (χ4v) is 2.82. The Kier molecular flexibility index (Phi) is 2.87. The highest BCUT2D eigenvalue weighted by atomic mass is 14.2. The minimum Gasteiger partial charge on any atom is -0.109 e. The van der Waals surface area contributed by atoms with E-state index in [2.05, 4.69) is 63.2 Å². The number of benzene rings is 2. The molecule has 1 aliphatic carbocycles. The molecule has 0 atom stereocenters. The maximum absolute atomic E-state index is 2.26. The van der Waals surface area contributed by atoms with Gasteiger partial charge in [-0.1, -0.05) is 55.5 Å². The first-order valence-corrected chi connectivity index (χ1v) is 6.67. The molecule has 0 aliphatic heterocycles. The Morgan fingerprint density at radius 3 is 1.94 bits per heavy atom. The average molecular weight is 230 g/mol. The van der Waals surface area contributed by atoms with Crippen molar-refractivity contribution < 1.29 is 0 Å². The molecule has 1 aliphatic rings. The van der Waals surface area contributed by atoms with Crippen molar-refractivity contribution in [2.75, 3.05) is 0 Å². The van der Waals surface area contributed by atoms with Crippen LogP contribution in [0.3, 0.4) is 0 Å². The maximum Gasteiger partial charge on any atom is 0.114 e. The summed E-state index contributed by atoms with van der Waals surface area (Å²) in [6, 6.07) is 17.6. The molecule has 2 heteroatoms. The third-order valence-corrected chi connectivity index (χ3v) is 3.91. The molecule has 2 aromatic rings. The smallest absolute Gasteiger partial charge is 0.109 e. The van der Waals surface area contributed by atoms with E-state index >= 15 is 0 Å². The van der Waals surface area contributed by atoms with E-state index in [1.165, 1.54) is 33.3 Å². The molecule has 0 saturated heterocycles. The van der Waals surface area contributed by atoms with Crippen LogP contribution in [0.5, 0.6) is 0 Å². The lowest BCUT2D eigenvalue weighted by Gasteiger charge is -2.24. The molecule has 0 radical (unpaired) electrons. The summed E-state index contributed by atoms with van der Waals surface area (Å²) in [6.45, 7) is 2.26. The lowest BCUT2D eigenvalue weighted by atomic mass is 9.49. The molecular formula is C16H16B2. The number of fused-ring (bicyclic) bond motifs is 2. The molecule has 0 heterocycles. The van der Waals surface area contributed by atoms with Crippen LogP contribution < -0.4 is 0 Å². The molecule has 18 heavy (non-hydrogen) atoms. The highest BCUT2D eigenvalue weighted by Crippen LogP contribution is 2.37. The lowest BCUT2D eigenvalue weighted by Crippen LogP contribution is -2.09. The average Bonchev–Trinajstić information content (AvgIpc) is 2.44. The summed E-state index contributed by atoms with van der Waals surface area (Å²) in [5.41, 5.74) is 8.70. The molecule has 0 aromatic heterocycles. The molecule has 0 fully saturated rings. The second-order valence-electron chi connectivity index (χ2n) is 5.00. The van der Waals surface area contributed by atoms with Crippen LogP contribution in [0.1, 0.15) is 29.2 Å². The third kappa shape index (κ3) is 1.73. The van der Waals surface area contributed by atoms with E-state index in [9.17, 15) is 0 Å². The van der Waals surface area contributed by atoms with Gasteiger partial charge in [0, 0.05) is 0 Å². The Hall–Kier alpha value is -1.69. The van der Waals surface area contributed by atoms with Crippen LogP contribution in [0.4, 0.5) is 0 Å². The van der Waals surface area contributed by atoms with Gasteiger partial charge in [-0.3, -0.25) is 0 Å². The Balaban J connectivity index is 2.31. The standard InChI is InChI=1S/C16H16B2/c1-11(18-17)16-14-8-4-2-6-12(14)10-13-7-3-5-9-15(13)16/h2-9,18H,10,17H2,1H3. The van der Waals surface area contributed by atoms with Gasteiger partial charge in [-0.15, -0.1) is 5.47 Å². The van der Waals surface area contributed by atoms with Crippen LogP contribution in [-0.2, 0) is 6.42 Å². The van der Waals surface area contributed by atoms with E-state index in [0.29, 0.717) is 0 Å². The highest BCUT2D eigenvalue weighted by Gasteiger charge is 2.20. The largest absolute Gasteiger partial charge is 0.114 e. The van der Waals surface area contributed by atoms with Gasteiger partial charge in [-0.05, 0) is 34.2 Å². The summed E-state index contributed by atoms with van der Waals surface area (Å²) in [5, 5.41) is 0. The van der Waals surface area contributed by atoms with Crippen molar-refractivity contribution in [2.24, 2.45) is 0 Å². The quantitative estimate of drug-likeness (QED) is 0.563. The molecule has 0 spiro atoms. The van der Waals surface area contributed by atoms with Gasteiger partial charge in [0.25, 0.3) is 0 Å². The molecule has 0 nitrogen and oxygen atoms in total. The van der Waals surface area contributed by atoms with Gasteiger partial charge in [-0.25, -0.2) is 0 Å². The van der Waals surface area contributed by atoms with Crippen LogP contribution >= 0.6 is 0 Å². The summed E-state index contributed by atoms with van der Waals surface area (Å²) < 4.78 is 0. The molecule has 0 saturated carbocycles. The summed E-state index contributed by atoms with van der Waals surface area (Å²) in [6.07, 6.45) is 1.06. The van der Waals surface area contributed by atoms with Crippen LogP contribution in [0, 0.1) is 0 Å². The predicted molar refractivity (Wildman–Crippen MR) is 83.1 cm³/mol. The first kappa shape index (κ1) is 11.4. The Morgan fingerprint density at radius 2 is 1.44 bits per heavy atom. The van der Waals surface area contributed by atoms with Gasteiger partial charge in [0.15, 0.2) is 0 Å². The van der Waals surface area contributed by atoms with E-state index in [0.717, 1.165) is 13.6 Å². The Labute approximate surface area is 110 Å². The summed E-state index contributed by atoms with van der Waals surface area (Å²) >= 11 is 0. The van der Waals surface area contributed by atoms with E-state index in [4.69, 9.17) is 0 Å². The molecule has 3 rings (SSSR count). The number of hydrogen-bond donors (Lipinski definition) is 0. The predicted octanol–water partition coefficient (Wildman–Crippen LogP) is 2.35. The zero-order chi connectivity index (χ0) is 12.5. The Morgan fingerprint density at radius 1 is 0.944 bits per heavy atom. The fourth-order valence-electron chi connectivity index (χ4n) is 2.82. The second kappa shape index (κ2) is 4.53. The number of hydrogen-bond acceptors (Lipinski definition) is 0. The van der Waals surface area contributed by atoms with Gasteiger partial charge in [0.1, 0.15) is 7.17 Å². The zero-order valence-electron chi connectivity index (χ0n) is 11.0. The van der Waals surface area contributed by atoms with Crippen molar-refractivity contribution in [3.63, 3.8) is 0 Å². The van der Waals surface area contributed by atoms with Gasteiger partial charge in [0.05, 0.1) is 7.74 Å². The fraction of sp³-hybridized carbons (Fsp3) is 0.125. The van der Waals surface area contributed by atoms with Crippen molar-refractivity contribution in [1.82, 2.24) is 0 Å². The second-order valence-corrected chi connectivity index (χ2v) is 5.00. The summed E-state index contributed by atoms with van der Waals surface area (Å²) in [4.78, 5) is 0. The minimum atomic E-state index is 1.06. The molecule has 0 unspecified atom stereocenters. The van der Waals surface area contributed by atoms with Crippen molar-refractivity contribution in [1.29, 1.82) is 0 Å². The summed E-state index contributed by atoms with van der Waals surface area (Å²) in [7, 11) is 3.35. The van der Waals surface area contributed by atoms with Gasteiger partial charge >= 0.3 is 0 Å². The van der Waals surface area contributed by atoms with Crippen LogP contribution in [0.2, 0.25) is 0 Å². The maximum atomic E-state index is 2.26. The molecule has 0 amide bonds. The number of allylic oxidation sites excluding steroid dienone is 1. The zero-order valence-corrected chi connectivity index (χ0v) is 11.0. The van der Waals surface area contributed by atoms with Gasteiger partial charge in [0.2, 0.25) is 0 Å². The molecule has 0 N–H and O–H groups in total. The van der Waals surface area contributed by atoms with Gasteiger partial charge in [-0.2, -0.15) is 0 Å². The van der Waals surface area contributed by atoms with Crippen LogP contribution in [0.25, 0.3) is 5.57 Å². The lowest BCUT2D eigenvalue weighted by molar-refractivity contribution is 1.13. The normalized spacial score (nSPS) is 12.6. The first-order valence-electron chi connectivity index (χ1n) is 6.67. The van der Waals surface area contributed by atoms with E-state index in [-0.39, 0.29) is 0 Å². The van der Waals surface area contributed by atoms with Crippen molar-refractivity contribution in [2.45, 2.75) is 13.3 Å². The third-order valence-electron chi connectivity index (χ3n) is 3.91. The van der Waals surface area contributed by atoms with Gasteiger partial charge < -0.3 is 0 Å². The highest BCUT2D eigenvalue weighted by molar-refractivity contribution is 6.94. The van der Waals surface area contributed by atoms with Crippen molar-refractivity contribution in [3.8, 4) is 0 Å². The Bertz CT molecular complexity index is 579. The number of rotatable bonds is 1. The van der Waals surface area contributed by atoms with Crippen LogP contribution in [-0.4, -0.2) is 14.9 Å². The van der Waals surface area contributed by atoms with E-state index < -0.39 is 0 Å². The topological polar surface area (TPSA) is 0 Å². The summed E-state index contributed by atoms with van der Waals surface area (Å²) in [5.74, 6) is 0. The molecular weight excluding hydrogens is 214 g/mol. The van der Waals surface area contributed by atoms with Crippen molar-refractivity contribution in [3.05, 3.63) is 76.3 Å². The van der Waals surface area contributed by atoms with Crippen LogP contribution in [0.15, 0.2) is 54.0 Å². The minimum absolute atomic E-state index is 1.06. The first-order chi connectivity index (χ1) is 8.81. The monoisotopic (exact) mass is 230 g/mol. The molecule has 86 valence electrons. The van der Waals surface area contributed by atoms with Crippen molar-refractivity contribution >= 4 is 20.5 Å². The molecule has 0 bridgehead atoms. The van der Waals surface area contributed by atoms with E-state index in [1.54, 1.807) is 0 Å². The molecule has 2 aromatic carbocycles.